The summed E-state index contributed by atoms with van der Waals surface area (Å²) in [6, 6.07) is 8.53. The summed E-state index contributed by atoms with van der Waals surface area (Å²) >= 11 is 4.32. The first kappa shape index (κ1) is 19.9. The molecule has 0 saturated heterocycles. The van der Waals surface area contributed by atoms with Crippen molar-refractivity contribution in [3.8, 4) is 0 Å². The normalized spacial score (nSPS) is 13.2. The molecule has 0 atom stereocenters. The summed E-state index contributed by atoms with van der Waals surface area (Å²) in [5, 5.41) is 0. The van der Waals surface area contributed by atoms with Gasteiger partial charge in [0.05, 0.1) is 0 Å². The van der Waals surface area contributed by atoms with Gasteiger partial charge in [-0.2, -0.15) is 12.6 Å². The number of allylic oxidation sites excluding steroid dienone is 8. The van der Waals surface area contributed by atoms with E-state index in [1.165, 1.54) is 11.8 Å². The summed E-state index contributed by atoms with van der Waals surface area (Å²) in [6.07, 6.45) is 15.1. The van der Waals surface area contributed by atoms with Crippen LogP contribution in [-0.4, -0.2) is 5.75 Å². The largest absolute Gasteiger partial charge is 0.405 e. The Morgan fingerprint density at radius 3 is 2.58 bits per heavy atom. The smallest absolute Gasteiger partial charge is 0.0140 e. The summed E-state index contributed by atoms with van der Waals surface area (Å²) in [5.74, 6) is 0.686. The Kier molecular flexibility index (Phi) is 8.14. The highest BCUT2D eigenvalue weighted by atomic mass is 32.1. The Hall–Kier alpha value is -2.19. The topological polar surface area (TPSA) is 26.0 Å². The van der Waals surface area contributed by atoms with Gasteiger partial charge in [0.25, 0.3) is 0 Å². The first-order chi connectivity index (χ1) is 11.5. The number of thiol groups is 1. The summed E-state index contributed by atoms with van der Waals surface area (Å²) in [4.78, 5) is 0. The molecule has 0 saturated carbocycles. The molecule has 0 aromatic heterocycles. The summed E-state index contributed by atoms with van der Waals surface area (Å²) in [7, 11) is 0. The highest BCUT2D eigenvalue weighted by molar-refractivity contribution is 7.80. The van der Waals surface area contributed by atoms with Crippen LogP contribution in [0.15, 0.2) is 91.7 Å². The zero-order valence-electron chi connectivity index (χ0n) is 14.6. The molecule has 0 aliphatic heterocycles. The van der Waals surface area contributed by atoms with Crippen molar-refractivity contribution in [1.29, 1.82) is 0 Å². The number of hydrogen-bond donors (Lipinski definition) is 2. The van der Waals surface area contributed by atoms with Gasteiger partial charge < -0.3 is 5.73 Å². The van der Waals surface area contributed by atoms with Crippen LogP contribution in [0.25, 0.3) is 5.57 Å². The van der Waals surface area contributed by atoms with Crippen LogP contribution in [0.5, 0.6) is 0 Å². The lowest BCUT2D eigenvalue weighted by atomic mass is 9.77. The Morgan fingerprint density at radius 2 is 1.96 bits per heavy atom. The van der Waals surface area contributed by atoms with Crippen LogP contribution in [0.3, 0.4) is 0 Å². The molecule has 1 aromatic rings. The van der Waals surface area contributed by atoms with E-state index in [4.69, 9.17) is 5.73 Å². The molecule has 0 spiro atoms. The van der Waals surface area contributed by atoms with Gasteiger partial charge in [-0.1, -0.05) is 87.7 Å². The SMILES string of the molecule is C=C/C=C\C(=C/CS)c1cccc(C(C)(C)C(=C)/C=C\C=C/N)c1. The van der Waals surface area contributed by atoms with Crippen molar-refractivity contribution in [2.75, 3.05) is 5.75 Å². The van der Waals surface area contributed by atoms with Gasteiger partial charge in [-0.05, 0) is 34.5 Å². The molecule has 0 radical (unpaired) electrons. The van der Waals surface area contributed by atoms with Crippen LogP contribution in [-0.2, 0) is 5.41 Å². The van der Waals surface area contributed by atoms with Gasteiger partial charge in [0, 0.05) is 11.2 Å². The fourth-order valence-electron chi connectivity index (χ4n) is 2.27. The van der Waals surface area contributed by atoms with E-state index >= 15 is 0 Å². The van der Waals surface area contributed by atoms with Gasteiger partial charge in [-0.3, -0.25) is 0 Å². The molecule has 0 unspecified atom stereocenters. The van der Waals surface area contributed by atoms with E-state index in [9.17, 15) is 0 Å². The minimum atomic E-state index is -0.177. The van der Waals surface area contributed by atoms with Crippen molar-refractivity contribution in [2.24, 2.45) is 5.73 Å². The van der Waals surface area contributed by atoms with Gasteiger partial charge >= 0.3 is 0 Å². The Bertz CT molecular complexity index is 688. The molecule has 0 heterocycles. The summed E-state index contributed by atoms with van der Waals surface area (Å²) in [6.45, 7) is 12.3. The van der Waals surface area contributed by atoms with Gasteiger partial charge in [0.15, 0.2) is 0 Å². The van der Waals surface area contributed by atoms with Gasteiger partial charge in [-0.25, -0.2) is 0 Å². The second-order valence-electron chi connectivity index (χ2n) is 5.91. The van der Waals surface area contributed by atoms with Crippen LogP contribution in [0.2, 0.25) is 0 Å². The maximum atomic E-state index is 5.37. The lowest BCUT2D eigenvalue weighted by molar-refractivity contribution is 0.641. The van der Waals surface area contributed by atoms with E-state index in [0.29, 0.717) is 5.75 Å². The molecule has 0 aliphatic rings. The molecule has 1 aromatic carbocycles. The molecular weight excluding hydrogens is 310 g/mol. The standard InChI is InChI=1S/C22H27NS/c1-5-6-11-19(14-16-24)20-12-9-13-21(17-20)22(3,4)18(2)10-7-8-15-23/h5-15,17,24H,1-2,16,23H2,3-4H3/b10-7-,11-6-,15-8-,19-14+. The molecule has 1 nitrogen and oxygen atoms in total. The predicted octanol–water partition coefficient (Wildman–Crippen LogP) is 5.60. The Labute approximate surface area is 152 Å². The van der Waals surface area contributed by atoms with Crippen molar-refractivity contribution in [1.82, 2.24) is 0 Å². The van der Waals surface area contributed by atoms with Gasteiger partial charge in [-0.15, -0.1) is 0 Å². The Balaban J connectivity index is 3.22. The number of nitrogens with two attached hydrogens (primary N) is 1. The van der Waals surface area contributed by atoms with Crippen LogP contribution in [0.4, 0.5) is 0 Å². The highest BCUT2D eigenvalue weighted by Crippen LogP contribution is 2.33. The summed E-state index contributed by atoms with van der Waals surface area (Å²) < 4.78 is 0. The van der Waals surface area contributed by atoms with Gasteiger partial charge in [0.2, 0.25) is 0 Å². The molecule has 0 amide bonds. The Morgan fingerprint density at radius 1 is 1.21 bits per heavy atom. The summed E-state index contributed by atoms with van der Waals surface area (Å²) in [5.41, 5.74) is 9.72. The lowest BCUT2D eigenvalue weighted by Gasteiger charge is -2.27. The number of hydrogen-bond acceptors (Lipinski definition) is 2. The molecule has 0 fully saturated rings. The number of rotatable bonds is 8. The maximum absolute atomic E-state index is 5.37. The van der Waals surface area contributed by atoms with E-state index in [2.05, 4.69) is 76.1 Å². The average molecular weight is 338 g/mol. The fraction of sp³-hybridized carbons (Fsp3) is 0.182. The third-order valence-electron chi connectivity index (χ3n) is 3.96. The minimum absolute atomic E-state index is 0.177. The second kappa shape index (κ2) is 9.84. The van der Waals surface area contributed by atoms with Crippen molar-refractivity contribution in [3.63, 3.8) is 0 Å². The van der Waals surface area contributed by atoms with Crippen LogP contribution < -0.4 is 5.73 Å². The van der Waals surface area contributed by atoms with E-state index < -0.39 is 0 Å². The van der Waals surface area contributed by atoms with Crippen LogP contribution >= 0.6 is 12.6 Å². The zero-order valence-corrected chi connectivity index (χ0v) is 15.5. The second-order valence-corrected chi connectivity index (χ2v) is 6.28. The monoisotopic (exact) mass is 337 g/mol. The molecule has 2 N–H and O–H groups in total. The van der Waals surface area contributed by atoms with Crippen molar-refractivity contribution in [2.45, 2.75) is 19.3 Å². The van der Waals surface area contributed by atoms with Crippen LogP contribution in [0.1, 0.15) is 25.0 Å². The number of benzene rings is 1. The van der Waals surface area contributed by atoms with E-state index in [1.54, 1.807) is 12.2 Å². The van der Waals surface area contributed by atoms with Gasteiger partial charge in [0.1, 0.15) is 0 Å². The molecule has 126 valence electrons. The highest BCUT2D eigenvalue weighted by Gasteiger charge is 2.22. The van der Waals surface area contributed by atoms with Crippen molar-refractivity contribution < 1.29 is 0 Å². The quantitative estimate of drug-likeness (QED) is 0.468. The van der Waals surface area contributed by atoms with E-state index in [-0.39, 0.29) is 5.41 Å². The van der Waals surface area contributed by atoms with Crippen LogP contribution in [0, 0.1) is 0 Å². The molecular formula is C22H27NS. The third kappa shape index (κ3) is 5.47. The first-order valence-electron chi connectivity index (χ1n) is 7.92. The molecule has 0 aliphatic carbocycles. The average Bonchev–Trinajstić information content (AvgIpc) is 2.58. The molecule has 0 bridgehead atoms. The van der Waals surface area contributed by atoms with Crippen molar-refractivity contribution in [3.05, 3.63) is 103 Å². The first-order valence-corrected chi connectivity index (χ1v) is 8.56. The molecule has 24 heavy (non-hydrogen) atoms. The van der Waals surface area contributed by atoms with Crippen molar-refractivity contribution >= 4 is 18.2 Å². The third-order valence-corrected chi connectivity index (χ3v) is 4.15. The van der Waals surface area contributed by atoms with E-state index in [1.807, 2.05) is 18.2 Å². The molecule has 1 rings (SSSR count). The van der Waals surface area contributed by atoms with E-state index in [0.717, 1.165) is 16.7 Å². The fourth-order valence-corrected chi connectivity index (χ4v) is 2.47. The zero-order chi connectivity index (χ0) is 18.0. The minimum Gasteiger partial charge on any atom is -0.405 e. The lowest BCUT2D eigenvalue weighted by Crippen LogP contribution is -2.18. The predicted molar refractivity (Wildman–Crippen MR) is 112 cm³/mol. The maximum Gasteiger partial charge on any atom is 0.0140 e. The molecule has 2 heteroatoms.